The van der Waals surface area contributed by atoms with Crippen molar-refractivity contribution in [3.05, 3.63) is 33.8 Å². The molecule has 1 heterocycles. The highest BCUT2D eigenvalue weighted by molar-refractivity contribution is 6.42. The van der Waals surface area contributed by atoms with Gasteiger partial charge in [0.1, 0.15) is 0 Å². The molecule has 4 heteroatoms. The molecule has 0 radical (unpaired) electrons. The van der Waals surface area contributed by atoms with Crippen LogP contribution in [0.1, 0.15) is 31.2 Å². The summed E-state index contributed by atoms with van der Waals surface area (Å²) in [5, 5.41) is 1.17. The summed E-state index contributed by atoms with van der Waals surface area (Å²) < 4.78 is 0. The lowest BCUT2D eigenvalue weighted by atomic mass is 9.90. The molecule has 1 saturated heterocycles. The first-order chi connectivity index (χ1) is 8.08. The fourth-order valence-electron chi connectivity index (χ4n) is 2.30. The number of likely N-dealkylation sites (tertiary alicyclic amines) is 1. The average molecular weight is 272 g/mol. The van der Waals surface area contributed by atoms with Crippen molar-refractivity contribution in [2.45, 2.75) is 25.7 Å². The molecule has 1 atom stereocenters. The molecule has 0 bridgehead atoms. The van der Waals surface area contributed by atoms with Crippen LogP contribution in [0.15, 0.2) is 18.2 Å². The quantitative estimate of drug-likeness (QED) is 0.763. The Kier molecular flexibility index (Phi) is 3.95. The Morgan fingerprint density at radius 3 is 2.76 bits per heavy atom. The summed E-state index contributed by atoms with van der Waals surface area (Å²) >= 11 is 11.9. The highest BCUT2D eigenvalue weighted by Crippen LogP contribution is 2.31. The number of benzene rings is 1. The predicted octanol–water partition coefficient (Wildman–Crippen LogP) is 3.72. The van der Waals surface area contributed by atoms with Gasteiger partial charge < -0.3 is 4.90 Å². The summed E-state index contributed by atoms with van der Waals surface area (Å²) in [6.07, 6.45) is 2.15. The van der Waals surface area contributed by atoms with E-state index in [4.69, 9.17) is 23.2 Å². The normalized spacial score (nSPS) is 20.4. The minimum absolute atomic E-state index is 0.148. The van der Waals surface area contributed by atoms with Crippen LogP contribution in [0.4, 0.5) is 0 Å². The Balaban J connectivity index is 2.16. The van der Waals surface area contributed by atoms with Crippen LogP contribution in [-0.4, -0.2) is 23.9 Å². The molecule has 0 N–H and O–H groups in total. The summed E-state index contributed by atoms with van der Waals surface area (Å²) in [6, 6.07) is 5.74. The van der Waals surface area contributed by atoms with Crippen molar-refractivity contribution >= 4 is 29.1 Å². The molecular weight excluding hydrogens is 257 g/mol. The van der Waals surface area contributed by atoms with Gasteiger partial charge in [0.25, 0.3) is 0 Å². The molecule has 1 aromatic carbocycles. The van der Waals surface area contributed by atoms with Crippen LogP contribution in [0, 0.1) is 0 Å². The zero-order valence-electron chi connectivity index (χ0n) is 9.75. The molecule has 1 aliphatic heterocycles. The molecule has 92 valence electrons. The van der Waals surface area contributed by atoms with Crippen LogP contribution >= 0.6 is 23.2 Å². The Morgan fingerprint density at radius 1 is 1.35 bits per heavy atom. The van der Waals surface area contributed by atoms with Gasteiger partial charge in [0, 0.05) is 25.9 Å². The van der Waals surface area contributed by atoms with Crippen LogP contribution in [0.2, 0.25) is 10.0 Å². The van der Waals surface area contributed by atoms with Gasteiger partial charge in [0.2, 0.25) is 5.91 Å². The van der Waals surface area contributed by atoms with Crippen molar-refractivity contribution < 1.29 is 4.79 Å². The van der Waals surface area contributed by atoms with E-state index < -0.39 is 0 Å². The lowest BCUT2D eigenvalue weighted by Gasteiger charge is -2.32. The molecule has 2 rings (SSSR count). The molecule has 1 aromatic rings. The molecule has 0 saturated carbocycles. The first kappa shape index (κ1) is 12.7. The number of hydrogen-bond acceptors (Lipinski definition) is 1. The second kappa shape index (κ2) is 5.28. The number of rotatable bonds is 1. The van der Waals surface area contributed by atoms with Gasteiger partial charge in [-0.15, -0.1) is 0 Å². The summed E-state index contributed by atoms with van der Waals surface area (Å²) in [6.45, 7) is 3.28. The molecular formula is C13H15Cl2NO. The molecule has 2 nitrogen and oxygen atoms in total. The van der Waals surface area contributed by atoms with Crippen molar-refractivity contribution in [2.24, 2.45) is 0 Å². The summed E-state index contributed by atoms with van der Waals surface area (Å²) in [7, 11) is 0. The minimum atomic E-state index is 0.148. The van der Waals surface area contributed by atoms with E-state index in [-0.39, 0.29) is 5.91 Å². The van der Waals surface area contributed by atoms with E-state index in [1.807, 2.05) is 23.1 Å². The van der Waals surface area contributed by atoms with Gasteiger partial charge in [-0.25, -0.2) is 0 Å². The van der Waals surface area contributed by atoms with Crippen molar-refractivity contribution in [3.8, 4) is 0 Å². The lowest BCUT2D eigenvalue weighted by Crippen LogP contribution is -2.37. The second-order valence-corrected chi connectivity index (χ2v) is 5.29. The predicted molar refractivity (Wildman–Crippen MR) is 70.7 cm³/mol. The number of piperidine rings is 1. The van der Waals surface area contributed by atoms with Gasteiger partial charge in [-0.05, 0) is 30.5 Å². The fourth-order valence-corrected chi connectivity index (χ4v) is 2.61. The van der Waals surface area contributed by atoms with Crippen molar-refractivity contribution in [3.63, 3.8) is 0 Å². The van der Waals surface area contributed by atoms with Gasteiger partial charge in [-0.3, -0.25) is 4.79 Å². The van der Waals surface area contributed by atoms with Gasteiger partial charge >= 0.3 is 0 Å². The van der Waals surface area contributed by atoms with E-state index in [2.05, 4.69) is 0 Å². The third-order valence-electron chi connectivity index (χ3n) is 3.28. The van der Waals surface area contributed by atoms with Crippen molar-refractivity contribution in [1.29, 1.82) is 0 Å². The van der Waals surface area contributed by atoms with Gasteiger partial charge in [-0.2, -0.15) is 0 Å². The van der Waals surface area contributed by atoms with Crippen LogP contribution in [0.25, 0.3) is 0 Å². The SMILES string of the molecule is CC(=O)N1CCC[C@@H](c2ccc(Cl)c(Cl)c2)C1. The highest BCUT2D eigenvalue weighted by atomic mass is 35.5. The van der Waals surface area contributed by atoms with E-state index in [9.17, 15) is 4.79 Å². The number of nitrogens with zero attached hydrogens (tertiary/aromatic N) is 1. The maximum absolute atomic E-state index is 11.4. The van der Waals surface area contributed by atoms with E-state index >= 15 is 0 Å². The van der Waals surface area contributed by atoms with E-state index in [0.717, 1.165) is 25.9 Å². The minimum Gasteiger partial charge on any atom is -0.342 e. The van der Waals surface area contributed by atoms with E-state index in [1.54, 1.807) is 6.92 Å². The maximum atomic E-state index is 11.4. The van der Waals surface area contributed by atoms with Gasteiger partial charge in [-0.1, -0.05) is 29.3 Å². The number of carbonyl (C=O) groups excluding carboxylic acids is 1. The summed E-state index contributed by atoms with van der Waals surface area (Å²) in [5.74, 6) is 0.525. The van der Waals surface area contributed by atoms with Crippen LogP contribution in [0.5, 0.6) is 0 Å². The molecule has 0 unspecified atom stereocenters. The monoisotopic (exact) mass is 271 g/mol. The number of hydrogen-bond donors (Lipinski definition) is 0. The number of amides is 1. The second-order valence-electron chi connectivity index (χ2n) is 4.48. The molecule has 1 fully saturated rings. The molecule has 17 heavy (non-hydrogen) atoms. The molecule has 0 aromatic heterocycles. The Bertz CT molecular complexity index is 433. The third-order valence-corrected chi connectivity index (χ3v) is 4.02. The first-order valence-electron chi connectivity index (χ1n) is 5.78. The van der Waals surface area contributed by atoms with Crippen molar-refractivity contribution in [2.75, 3.05) is 13.1 Å². The lowest BCUT2D eigenvalue weighted by molar-refractivity contribution is -0.130. The summed E-state index contributed by atoms with van der Waals surface area (Å²) in [4.78, 5) is 13.3. The first-order valence-corrected chi connectivity index (χ1v) is 6.54. The molecule has 1 amide bonds. The zero-order chi connectivity index (χ0) is 12.4. The third kappa shape index (κ3) is 2.93. The Morgan fingerprint density at radius 2 is 2.12 bits per heavy atom. The van der Waals surface area contributed by atoms with Crippen LogP contribution in [-0.2, 0) is 4.79 Å². The molecule has 0 spiro atoms. The standard InChI is InChI=1S/C13H15Cl2NO/c1-9(17)16-6-2-3-11(8-16)10-4-5-12(14)13(15)7-10/h4-5,7,11H,2-3,6,8H2,1H3/t11-/m1/s1. The Hall–Kier alpha value is -0.730. The fraction of sp³-hybridized carbons (Fsp3) is 0.462. The van der Waals surface area contributed by atoms with Crippen LogP contribution < -0.4 is 0 Å². The number of halogens is 2. The largest absolute Gasteiger partial charge is 0.342 e. The molecule has 1 aliphatic rings. The topological polar surface area (TPSA) is 20.3 Å². The Labute approximate surface area is 112 Å². The van der Waals surface area contributed by atoms with E-state index in [0.29, 0.717) is 16.0 Å². The smallest absolute Gasteiger partial charge is 0.219 e. The van der Waals surface area contributed by atoms with Gasteiger partial charge in [0.05, 0.1) is 10.0 Å². The van der Waals surface area contributed by atoms with E-state index in [1.165, 1.54) is 5.56 Å². The zero-order valence-corrected chi connectivity index (χ0v) is 11.3. The number of carbonyl (C=O) groups is 1. The van der Waals surface area contributed by atoms with Crippen molar-refractivity contribution in [1.82, 2.24) is 4.90 Å². The average Bonchev–Trinajstić information content (AvgIpc) is 2.33. The van der Waals surface area contributed by atoms with Gasteiger partial charge in [0.15, 0.2) is 0 Å². The maximum Gasteiger partial charge on any atom is 0.219 e. The summed E-state index contributed by atoms with van der Waals surface area (Å²) in [5.41, 5.74) is 1.17. The van der Waals surface area contributed by atoms with Crippen LogP contribution in [0.3, 0.4) is 0 Å². The highest BCUT2D eigenvalue weighted by Gasteiger charge is 2.23. The molecule has 0 aliphatic carbocycles.